The molecule has 0 saturated heterocycles. The van der Waals surface area contributed by atoms with E-state index in [0.29, 0.717) is 6.54 Å². The molecule has 0 saturated carbocycles. The standard InChI is InChI=1S/C18H28N6O2/c1-12(2)16(17-22-21-15-8-5-9-24(15)17)20-18(25)19-11-13(23(3)4)14-7-6-10-26-14/h6-7,10,12-13,16H,5,8-9,11H2,1-4H3,(H2,19,20,25). The number of hydrogen-bond donors (Lipinski definition) is 2. The molecule has 8 heteroatoms. The Bertz CT molecular complexity index is 722. The number of carbonyl (C=O) groups excluding carboxylic acids is 1. The number of hydrogen-bond acceptors (Lipinski definition) is 5. The zero-order valence-electron chi connectivity index (χ0n) is 15.9. The molecule has 2 aromatic heterocycles. The lowest BCUT2D eigenvalue weighted by Gasteiger charge is -2.25. The summed E-state index contributed by atoms with van der Waals surface area (Å²) in [6.07, 6.45) is 3.69. The van der Waals surface area contributed by atoms with Crippen LogP contribution in [0.5, 0.6) is 0 Å². The summed E-state index contributed by atoms with van der Waals surface area (Å²) in [5.41, 5.74) is 0. The minimum absolute atomic E-state index is 0.0226. The van der Waals surface area contributed by atoms with Crippen LogP contribution in [0, 0.1) is 5.92 Å². The van der Waals surface area contributed by atoms with Gasteiger partial charge >= 0.3 is 6.03 Å². The van der Waals surface area contributed by atoms with Crippen LogP contribution in [0.25, 0.3) is 0 Å². The van der Waals surface area contributed by atoms with Crippen LogP contribution in [0.15, 0.2) is 22.8 Å². The summed E-state index contributed by atoms with van der Waals surface area (Å²) in [6, 6.07) is 3.37. The zero-order valence-corrected chi connectivity index (χ0v) is 15.9. The van der Waals surface area contributed by atoms with Crippen molar-refractivity contribution in [1.82, 2.24) is 30.3 Å². The van der Waals surface area contributed by atoms with Gasteiger partial charge in [0.2, 0.25) is 0 Å². The molecule has 1 aliphatic rings. The normalized spacial score (nSPS) is 15.9. The number of carbonyl (C=O) groups is 1. The van der Waals surface area contributed by atoms with Crippen molar-refractivity contribution < 1.29 is 9.21 Å². The molecule has 8 nitrogen and oxygen atoms in total. The number of aryl methyl sites for hydroxylation is 1. The van der Waals surface area contributed by atoms with Gasteiger partial charge in [-0.05, 0) is 38.6 Å². The largest absolute Gasteiger partial charge is 0.468 e. The SMILES string of the molecule is CC(C)C(NC(=O)NCC(c1ccco1)N(C)C)c1nnc2n1CCC2. The van der Waals surface area contributed by atoms with Gasteiger partial charge in [-0.15, -0.1) is 10.2 Å². The summed E-state index contributed by atoms with van der Waals surface area (Å²) in [7, 11) is 3.92. The number of urea groups is 1. The highest BCUT2D eigenvalue weighted by atomic mass is 16.3. The first kappa shape index (κ1) is 18.4. The molecule has 3 heterocycles. The fourth-order valence-electron chi connectivity index (χ4n) is 3.33. The Morgan fingerprint density at radius 1 is 1.38 bits per heavy atom. The summed E-state index contributed by atoms with van der Waals surface area (Å²) in [4.78, 5) is 14.5. The van der Waals surface area contributed by atoms with Crippen molar-refractivity contribution in [2.75, 3.05) is 20.6 Å². The Balaban J connectivity index is 1.63. The lowest BCUT2D eigenvalue weighted by Crippen LogP contribution is -2.43. The maximum absolute atomic E-state index is 12.5. The highest BCUT2D eigenvalue weighted by Gasteiger charge is 2.28. The zero-order chi connectivity index (χ0) is 18.7. The van der Waals surface area contributed by atoms with Gasteiger partial charge < -0.3 is 19.6 Å². The van der Waals surface area contributed by atoms with Crippen molar-refractivity contribution in [3.8, 4) is 0 Å². The van der Waals surface area contributed by atoms with Crippen LogP contribution < -0.4 is 10.6 Å². The second-order valence-corrected chi connectivity index (χ2v) is 7.30. The van der Waals surface area contributed by atoms with E-state index in [0.717, 1.165) is 36.8 Å². The molecule has 2 amide bonds. The lowest BCUT2D eigenvalue weighted by atomic mass is 10.0. The molecule has 2 N–H and O–H groups in total. The van der Waals surface area contributed by atoms with E-state index in [1.165, 1.54) is 0 Å². The van der Waals surface area contributed by atoms with E-state index in [1.807, 2.05) is 31.1 Å². The van der Waals surface area contributed by atoms with Crippen LogP contribution >= 0.6 is 0 Å². The third-order valence-corrected chi connectivity index (χ3v) is 4.82. The molecule has 0 aromatic carbocycles. The number of amides is 2. The Morgan fingerprint density at radius 3 is 2.85 bits per heavy atom. The summed E-state index contributed by atoms with van der Waals surface area (Å²) in [5, 5.41) is 14.6. The highest BCUT2D eigenvalue weighted by Crippen LogP contribution is 2.24. The van der Waals surface area contributed by atoms with Gasteiger partial charge in [-0.3, -0.25) is 4.90 Å². The van der Waals surface area contributed by atoms with Gasteiger partial charge in [0.15, 0.2) is 5.82 Å². The van der Waals surface area contributed by atoms with Crippen LogP contribution in [0.3, 0.4) is 0 Å². The lowest BCUT2D eigenvalue weighted by molar-refractivity contribution is 0.218. The van der Waals surface area contributed by atoms with E-state index in [-0.39, 0.29) is 24.0 Å². The number of likely N-dealkylation sites (N-methyl/N-ethyl adjacent to an activating group) is 1. The first-order chi connectivity index (χ1) is 12.5. The molecule has 142 valence electrons. The molecule has 0 spiro atoms. The molecule has 2 atom stereocenters. The van der Waals surface area contributed by atoms with Crippen molar-refractivity contribution in [2.24, 2.45) is 5.92 Å². The number of rotatable bonds is 7. The Morgan fingerprint density at radius 2 is 2.19 bits per heavy atom. The number of nitrogens with zero attached hydrogens (tertiary/aromatic N) is 4. The average Bonchev–Trinajstić information content (AvgIpc) is 3.30. The molecule has 26 heavy (non-hydrogen) atoms. The van der Waals surface area contributed by atoms with Gasteiger partial charge in [-0.2, -0.15) is 0 Å². The van der Waals surface area contributed by atoms with Gasteiger partial charge in [0.1, 0.15) is 11.6 Å². The smallest absolute Gasteiger partial charge is 0.315 e. The third kappa shape index (κ3) is 3.90. The minimum Gasteiger partial charge on any atom is -0.468 e. The number of fused-ring (bicyclic) bond motifs is 1. The molecule has 2 aromatic rings. The maximum Gasteiger partial charge on any atom is 0.315 e. The summed E-state index contributed by atoms with van der Waals surface area (Å²) < 4.78 is 7.62. The van der Waals surface area contributed by atoms with Gasteiger partial charge in [-0.25, -0.2) is 4.79 Å². The van der Waals surface area contributed by atoms with Crippen molar-refractivity contribution in [2.45, 2.75) is 45.3 Å². The Kier molecular flexibility index (Phi) is 5.61. The number of aromatic nitrogens is 3. The predicted octanol–water partition coefficient (Wildman–Crippen LogP) is 2.12. The minimum atomic E-state index is -0.211. The summed E-state index contributed by atoms with van der Waals surface area (Å²) in [6.45, 7) is 5.53. The van der Waals surface area contributed by atoms with E-state index in [1.54, 1.807) is 6.26 Å². The molecular weight excluding hydrogens is 332 g/mol. The molecule has 0 bridgehead atoms. The van der Waals surface area contributed by atoms with Crippen molar-refractivity contribution in [3.05, 3.63) is 35.8 Å². The molecular formula is C18H28N6O2. The van der Waals surface area contributed by atoms with E-state index < -0.39 is 0 Å². The molecule has 3 rings (SSSR count). The monoisotopic (exact) mass is 360 g/mol. The fourth-order valence-corrected chi connectivity index (χ4v) is 3.33. The van der Waals surface area contributed by atoms with Crippen molar-refractivity contribution >= 4 is 6.03 Å². The second-order valence-electron chi connectivity index (χ2n) is 7.30. The molecule has 0 radical (unpaired) electrons. The summed E-state index contributed by atoms with van der Waals surface area (Å²) in [5.74, 6) is 2.89. The van der Waals surface area contributed by atoms with E-state index >= 15 is 0 Å². The second kappa shape index (κ2) is 7.90. The fraction of sp³-hybridized carbons (Fsp3) is 0.611. The van der Waals surface area contributed by atoms with E-state index in [2.05, 4.69) is 39.2 Å². The summed E-state index contributed by atoms with van der Waals surface area (Å²) >= 11 is 0. The van der Waals surface area contributed by atoms with Crippen LogP contribution in [-0.2, 0) is 13.0 Å². The highest BCUT2D eigenvalue weighted by molar-refractivity contribution is 5.74. The van der Waals surface area contributed by atoms with Crippen LogP contribution in [0.4, 0.5) is 4.79 Å². The third-order valence-electron chi connectivity index (χ3n) is 4.82. The van der Waals surface area contributed by atoms with E-state index in [4.69, 9.17) is 4.42 Å². The topological polar surface area (TPSA) is 88.2 Å². The van der Waals surface area contributed by atoms with Crippen molar-refractivity contribution in [1.29, 1.82) is 0 Å². The maximum atomic E-state index is 12.5. The van der Waals surface area contributed by atoms with Gasteiger partial charge in [0.25, 0.3) is 0 Å². The first-order valence-electron chi connectivity index (χ1n) is 9.13. The van der Waals surface area contributed by atoms with Gasteiger partial charge in [0, 0.05) is 19.5 Å². The van der Waals surface area contributed by atoms with Crippen LogP contribution in [0.1, 0.15) is 49.8 Å². The molecule has 0 fully saturated rings. The molecule has 2 unspecified atom stereocenters. The van der Waals surface area contributed by atoms with Crippen LogP contribution in [-0.4, -0.2) is 46.3 Å². The van der Waals surface area contributed by atoms with Crippen molar-refractivity contribution in [3.63, 3.8) is 0 Å². The van der Waals surface area contributed by atoms with Gasteiger partial charge in [-0.1, -0.05) is 13.8 Å². The predicted molar refractivity (Wildman–Crippen MR) is 97.6 cm³/mol. The quantitative estimate of drug-likeness (QED) is 0.790. The van der Waals surface area contributed by atoms with Crippen LogP contribution in [0.2, 0.25) is 0 Å². The number of furan rings is 1. The Hall–Kier alpha value is -2.35. The number of nitrogens with one attached hydrogen (secondary N) is 2. The Labute approximate surface area is 154 Å². The van der Waals surface area contributed by atoms with E-state index in [9.17, 15) is 4.79 Å². The molecule has 1 aliphatic heterocycles. The average molecular weight is 360 g/mol. The van der Waals surface area contributed by atoms with Gasteiger partial charge in [0.05, 0.1) is 18.3 Å². The first-order valence-corrected chi connectivity index (χ1v) is 9.13. The molecule has 0 aliphatic carbocycles.